The summed E-state index contributed by atoms with van der Waals surface area (Å²) in [5, 5.41) is 8.84. The Morgan fingerprint density at radius 3 is 2.84 bits per heavy atom. The molecular formula is C14H18FNO3. The topological polar surface area (TPSA) is 49.8 Å². The first-order chi connectivity index (χ1) is 9.13. The molecule has 1 saturated heterocycles. The molecule has 1 atom stereocenters. The van der Waals surface area contributed by atoms with E-state index in [0.717, 1.165) is 12.0 Å². The van der Waals surface area contributed by atoms with Gasteiger partial charge in [-0.15, -0.1) is 0 Å². The Bertz CT molecular complexity index is 421. The van der Waals surface area contributed by atoms with E-state index < -0.39 is 5.97 Å². The van der Waals surface area contributed by atoms with Gasteiger partial charge < -0.3 is 9.84 Å². The fourth-order valence-corrected chi connectivity index (χ4v) is 2.36. The molecule has 1 unspecified atom stereocenters. The molecule has 0 aliphatic carbocycles. The van der Waals surface area contributed by atoms with Gasteiger partial charge in [0, 0.05) is 13.1 Å². The molecule has 1 N–H and O–H groups in total. The van der Waals surface area contributed by atoms with Gasteiger partial charge in [-0.25, -0.2) is 4.39 Å². The summed E-state index contributed by atoms with van der Waals surface area (Å²) in [7, 11) is 0. The van der Waals surface area contributed by atoms with Crippen LogP contribution in [-0.4, -0.2) is 48.8 Å². The van der Waals surface area contributed by atoms with Gasteiger partial charge in [-0.2, -0.15) is 0 Å². The second kappa shape index (κ2) is 6.63. The van der Waals surface area contributed by atoms with E-state index in [4.69, 9.17) is 9.84 Å². The summed E-state index contributed by atoms with van der Waals surface area (Å²) >= 11 is 0. The summed E-state index contributed by atoms with van der Waals surface area (Å²) in [6.45, 7) is 2.57. The number of nitrogens with zero attached hydrogens (tertiary/aromatic N) is 1. The second-order valence-electron chi connectivity index (χ2n) is 4.90. The van der Waals surface area contributed by atoms with E-state index in [1.807, 2.05) is 4.90 Å². The minimum Gasteiger partial charge on any atom is -0.480 e. The molecule has 2 rings (SSSR count). The molecule has 0 radical (unpaired) electrons. The van der Waals surface area contributed by atoms with Gasteiger partial charge in [0.1, 0.15) is 5.82 Å². The highest BCUT2D eigenvalue weighted by Crippen LogP contribution is 2.14. The van der Waals surface area contributed by atoms with Crippen LogP contribution < -0.4 is 0 Å². The molecule has 1 aromatic carbocycles. The highest BCUT2D eigenvalue weighted by atomic mass is 19.1. The highest BCUT2D eigenvalue weighted by molar-refractivity contribution is 5.69. The van der Waals surface area contributed by atoms with Crippen LogP contribution in [0.3, 0.4) is 0 Å². The van der Waals surface area contributed by atoms with Crippen LogP contribution in [0.2, 0.25) is 0 Å². The minimum absolute atomic E-state index is 0.0449. The van der Waals surface area contributed by atoms with Crippen molar-refractivity contribution in [3.8, 4) is 0 Å². The summed E-state index contributed by atoms with van der Waals surface area (Å²) in [5.41, 5.74) is 1.05. The van der Waals surface area contributed by atoms with Gasteiger partial charge in [-0.3, -0.25) is 9.69 Å². The van der Waals surface area contributed by atoms with Crippen molar-refractivity contribution in [2.24, 2.45) is 5.92 Å². The van der Waals surface area contributed by atoms with Crippen LogP contribution in [0, 0.1) is 11.7 Å². The smallest absolute Gasteiger partial charge is 0.317 e. The minimum atomic E-state index is -0.817. The lowest BCUT2D eigenvalue weighted by Crippen LogP contribution is -2.35. The Morgan fingerprint density at radius 1 is 1.42 bits per heavy atom. The van der Waals surface area contributed by atoms with E-state index in [1.54, 1.807) is 12.1 Å². The SMILES string of the molecule is O=C(O)CN1CCOCC(Cc2ccc(F)cc2)C1. The Morgan fingerprint density at radius 2 is 2.16 bits per heavy atom. The fraction of sp³-hybridized carbons (Fsp3) is 0.500. The molecule has 5 heteroatoms. The highest BCUT2D eigenvalue weighted by Gasteiger charge is 2.20. The summed E-state index contributed by atoms with van der Waals surface area (Å²) in [5.74, 6) is -0.817. The number of hydrogen-bond acceptors (Lipinski definition) is 3. The van der Waals surface area contributed by atoms with Gasteiger partial charge >= 0.3 is 5.97 Å². The Hall–Kier alpha value is -1.46. The van der Waals surface area contributed by atoms with Crippen LogP contribution in [-0.2, 0) is 16.0 Å². The average Bonchev–Trinajstić information content (AvgIpc) is 2.57. The maximum absolute atomic E-state index is 12.8. The molecule has 1 aliphatic rings. The Labute approximate surface area is 111 Å². The lowest BCUT2D eigenvalue weighted by Gasteiger charge is -2.21. The zero-order chi connectivity index (χ0) is 13.7. The number of carbonyl (C=O) groups is 1. The van der Waals surface area contributed by atoms with Crippen LogP contribution in [0.15, 0.2) is 24.3 Å². The summed E-state index contributed by atoms with van der Waals surface area (Å²) in [6, 6.07) is 6.42. The van der Waals surface area contributed by atoms with E-state index in [2.05, 4.69) is 0 Å². The molecule has 19 heavy (non-hydrogen) atoms. The third-order valence-electron chi connectivity index (χ3n) is 3.22. The molecule has 1 aromatic rings. The van der Waals surface area contributed by atoms with Crippen LogP contribution in [0.4, 0.5) is 4.39 Å². The summed E-state index contributed by atoms with van der Waals surface area (Å²) in [6.07, 6.45) is 0.774. The third-order valence-corrected chi connectivity index (χ3v) is 3.22. The standard InChI is InChI=1S/C14H18FNO3/c15-13-3-1-11(2-4-13)7-12-8-16(9-14(17)18)5-6-19-10-12/h1-4,12H,5-10H2,(H,17,18). The zero-order valence-corrected chi connectivity index (χ0v) is 10.7. The van der Waals surface area contributed by atoms with Crippen molar-refractivity contribution in [2.45, 2.75) is 6.42 Å². The van der Waals surface area contributed by atoms with Crippen molar-refractivity contribution in [3.63, 3.8) is 0 Å². The van der Waals surface area contributed by atoms with Crippen molar-refractivity contribution in [2.75, 3.05) is 32.8 Å². The van der Waals surface area contributed by atoms with Crippen LogP contribution in [0.5, 0.6) is 0 Å². The third kappa shape index (κ3) is 4.61. The van der Waals surface area contributed by atoms with Crippen molar-refractivity contribution in [3.05, 3.63) is 35.6 Å². The van der Waals surface area contributed by atoms with E-state index in [-0.39, 0.29) is 18.3 Å². The first-order valence-corrected chi connectivity index (χ1v) is 6.40. The van der Waals surface area contributed by atoms with Crippen molar-refractivity contribution < 1.29 is 19.0 Å². The number of benzene rings is 1. The van der Waals surface area contributed by atoms with Gasteiger partial charge in [0.25, 0.3) is 0 Å². The first kappa shape index (κ1) is 14.0. The summed E-state index contributed by atoms with van der Waals surface area (Å²) < 4.78 is 18.3. The van der Waals surface area contributed by atoms with Gasteiger partial charge in [0.05, 0.1) is 19.8 Å². The van der Waals surface area contributed by atoms with E-state index in [0.29, 0.717) is 26.3 Å². The maximum atomic E-state index is 12.8. The predicted octanol–water partition coefficient (Wildman–Crippen LogP) is 1.40. The lowest BCUT2D eigenvalue weighted by atomic mass is 9.99. The second-order valence-corrected chi connectivity index (χ2v) is 4.90. The van der Waals surface area contributed by atoms with Gasteiger partial charge in [0.15, 0.2) is 0 Å². The van der Waals surface area contributed by atoms with E-state index >= 15 is 0 Å². The van der Waals surface area contributed by atoms with Crippen LogP contribution in [0.1, 0.15) is 5.56 Å². The summed E-state index contributed by atoms with van der Waals surface area (Å²) in [4.78, 5) is 12.7. The van der Waals surface area contributed by atoms with Crippen molar-refractivity contribution in [1.82, 2.24) is 4.90 Å². The van der Waals surface area contributed by atoms with Crippen molar-refractivity contribution in [1.29, 1.82) is 0 Å². The molecule has 1 fully saturated rings. The largest absolute Gasteiger partial charge is 0.480 e. The average molecular weight is 267 g/mol. The molecule has 1 heterocycles. The zero-order valence-electron chi connectivity index (χ0n) is 10.7. The van der Waals surface area contributed by atoms with Gasteiger partial charge in [0.2, 0.25) is 0 Å². The van der Waals surface area contributed by atoms with Gasteiger partial charge in [-0.05, 0) is 30.0 Å². The lowest BCUT2D eigenvalue weighted by molar-refractivity contribution is -0.138. The molecule has 4 nitrogen and oxygen atoms in total. The molecule has 104 valence electrons. The first-order valence-electron chi connectivity index (χ1n) is 6.40. The molecule has 1 aliphatic heterocycles. The number of ether oxygens (including phenoxy) is 1. The molecular weight excluding hydrogens is 249 g/mol. The van der Waals surface area contributed by atoms with Crippen LogP contribution >= 0.6 is 0 Å². The number of aliphatic carboxylic acids is 1. The predicted molar refractivity (Wildman–Crippen MR) is 68.5 cm³/mol. The Kier molecular flexibility index (Phi) is 4.87. The van der Waals surface area contributed by atoms with Crippen molar-refractivity contribution >= 4 is 5.97 Å². The van der Waals surface area contributed by atoms with Crippen LogP contribution in [0.25, 0.3) is 0 Å². The molecule has 0 bridgehead atoms. The number of halogens is 1. The quantitative estimate of drug-likeness (QED) is 0.896. The molecule has 0 aromatic heterocycles. The molecule has 0 amide bonds. The van der Waals surface area contributed by atoms with Gasteiger partial charge in [-0.1, -0.05) is 12.1 Å². The Balaban J connectivity index is 1.94. The number of rotatable bonds is 4. The normalized spacial score (nSPS) is 21.0. The number of hydrogen-bond donors (Lipinski definition) is 1. The monoisotopic (exact) mass is 267 g/mol. The number of carboxylic acids is 1. The molecule has 0 saturated carbocycles. The fourth-order valence-electron chi connectivity index (χ4n) is 2.36. The van der Waals surface area contributed by atoms with E-state index in [9.17, 15) is 9.18 Å². The molecule has 0 spiro atoms. The maximum Gasteiger partial charge on any atom is 0.317 e. The number of carboxylic acid groups (broad SMARTS) is 1. The van der Waals surface area contributed by atoms with E-state index in [1.165, 1.54) is 12.1 Å².